The predicted octanol–water partition coefficient (Wildman–Crippen LogP) is 1.98. The minimum Gasteiger partial charge on any atom is -0.352 e. The van der Waals surface area contributed by atoms with Gasteiger partial charge in [-0.2, -0.15) is 10.2 Å². The second-order valence-electron chi connectivity index (χ2n) is 6.86. The van der Waals surface area contributed by atoms with Gasteiger partial charge in [-0.1, -0.05) is 24.3 Å². The van der Waals surface area contributed by atoms with Crippen LogP contribution in [0.5, 0.6) is 0 Å². The molecular formula is C21H20N6O2. The van der Waals surface area contributed by atoms with Gasteiger partial charge < -0.3 is 5.32 Å². The van der Waals surface area contributed by atoms with Crippen molar-refractivity contribution >= 4 is 16.7 Å². The monoisotopic (exact) mass is 388 g/mol. The van der Waals surface area contributed by atoms with Gasteiger partial charge in [-0.05, 0) is 37.6 Å². The lowest BCUT2D eigenvalue weighted by atomic mass is 10.1. The maximum atomic E-state index is 12.4. The van der Waals surface area contributed by atoms with E-state index in [1.807, 2.05) is 38.1 Å². The van der Waals surface area contributed by atoms with E-state index in [0.717, 1.165) is 22.8 Å². The van der Waals surface area contributed by atoms with Crippen molar-refractivity contribution in [2.75, 3.05) is 0 Å². The molecule has 0 saturated carbocycles. The van der Waals surface area contributed by atoms with Gasteiger partial charge in [-0.15, -0.1) is 0 Å². The first-order valence-electron chi connectivity index (χ1n) is 9.23. The third kappa shape index (κ3) is 3.91. The van der Waals surface area contributed by atoms with Gasteiger partial charge in [0.05, 0.1) is 23.2 Å². The molecule has 0 radical (unpaired) electrons. The van der Waals surface area contributed by atoms with Gasteiger partial charge in [0, 0.05) is 23.8 Å². The Morgan fingerprint density at radius 1 is 1.14 bits per heavy atom. The summed E-state index contributed by atoms with van der Waals surface area (Å²) in [5, 5.41) is 15.0. The summed E-state index contributed by atoms with van der Waals surface area (Å²) < 4.78 is 1.78. The predicted molar refractivity (Wildman–Crippen MR) is 109 cm³/mol. The van der Waals surface area contributed by atoms with Gasteiger partial charge in [-0.3, -0.25) is 9.59 Å². The number of nitrogens with one attached hydrogen (secondary N) is 2. The van der Waals surface area contributed by atoms with Crippen LogP contribution >= 0.6 is 0 Å². The first-order valence-corrected chi connectivity index (χ1v) is 9.23. The van der Waals surface area contributed by atoms with Crippen LogP contribution in [0.25, 0.3) is 16.6 Å². The van der Waals surface area contributed by atoms with E-state index in [-0.39, 0.29) is 17.9 Å². The van der Waals surface area contributed by atoms with E-state index in [1.165, 1.54) is 0 Å². The van der Waals surface area contributed by atoms with Crippen LogP contribution in [-0.2, 0) is 17.8 Å². The molecule has 0 atom stereocenters. The molecule has 4 rings (SSSR count). The van der Waals surface area contributed by atoms with Crippen molar-refractivity contribution in [3.05, 3.63) is 81.7 Å². The number of hydrogen-bond donors (Lipinski definition) is 2. The molecule has 2 N–H and O–H groups in total. The highest BCUT2D eigenvalue weighted by Crippen LogP contribution is 2.13. The lowest BCUT2D eigenvalue weighted by molar-refractivity contribution is -0.120. The molecule has 0 bridgehead atoms. The molecule has 3 aromatic heterocycles. The number of nitrogens with zero attached hydrogens (tertiary/aromatic N) is 4. The van der Waals surface area contributed by atoms with Gasteiger partial charge in [0.25, 0.3) is 5.56 Å². The van der Waals surface area contributed by atoms with E-state index in [1.54, 1.807) is 29.1 Å². The van der Waals surface area contributed by atoms with Crippen LogP contribution in [0.4, 0.5) is 0 Å². The van der Waals surface area contributed by atoms with Gasteiger partial charge in [0.2, 0.25) is 5.91 Å². The SMILES string of the molecule is Cc1cc(C)n(-c2ccc(CNC(=O)Cc3n[nH]c(=O)c4ccccc34)cn2)n1. The van der Waals surface area contributed by atoms with E-state index in [4.69, 9.17) is 0 Å². The van der Waals surface area contributed by atoms with Crippen molar-refractivity contribution in [1.29, 1.82) is 0 Å². The number of aromatic amines is 1. The Morgan fingerprint density at radius 3 is 2.62 bits per heavy atom. The van der Waals surface area contributed by atoms with Crippen LogP contribution in [0.2, 0.25) is 0 Å². The molecule has 0 fully saturated rings. The Balaban J connectivity index is 1.42. The summed E-state index contributed by atoms with van der Waals surface area (Å²) in [5.74, 6) is 0.548. The molecule has 0 aliphatic carbocycles. The molecule has 0 aliphatic heterocycles. The Kier molecular flexibility index (Phi) is 4.90. The fraction of sp³-hybridized carbons (Fsp3) is 0.190. The molecule has 0 spiro atoms. The fourth-order valence-corrected chi connectivity index (χ4v) is 3.23. The Labute approximate surface area is 166 Å². The number of carbonyl (C=O) groups excluding carboxylic acids is 1. The summed E-state index contributed by atoms with van der Waals surface area (Å²) in [6.07, 6.45) is 1.80. The lowest BCUT2D eigenvalue weighted by Crippen LogP contribution is -2.26. The van der Waals surface area contributed by atoms with Crippen LogP contribution in [0.3, 0.4) is 0 Å². The molecule has 8 heteroatoms. The fourth-order valence-electron chi connectivity index (χ4n) is 3.23. The average molecular weight is 388 g/mol. The highest BCUT2D eigenvalue weighted by atomic mass is 16.1. The highest BCUT2D eigenvalue weighted by Gasteiger charge is 2.11. The number of aryl methyl sites for hydroxylation is 2. The van der Waals surface area contributed by atoms with E-state index in [0.29, 0.717) is 23.0 Å². The van der Waals surface area contributed by atoms with Crippen molar-refractivity contribution < 1.29 is 4.79 Å². The first kappa shape index (κ1) is 18.5. The number of amides is 1. The van der Waals surface area contributed by atoms with Crippen LogP contribution in [-0.4, -0.2) is 30.9 Å². The smallest absolute Gasteiger partial charge is 0.272 e. The number of rotatable bonds is 5. The van der Waals surface area contributed by atoms with Gasteiger partial charge in [0.1, 0.15) is 0 Å². The zero-order valence-corrected chi connectivity index (χ0v) is 16.1. The number of pyridine rings is 1. The molecule has 1 amide bonds. The van der Waals surface area contributed by atoms with Crippen LogP contribution in [0.15, 0.2) is 53.5 Å². The normalized spacial score (nSPS) is 11.0. The molecule has 146 valence electrons. The minimum absolute atomic E-state index is 0.0779. The Bertz CT molecular complexity index is 1240. The molecule has 1 aromatic carbocycles. The molecule has 0 saturated heterocycles. The summed E-state index contributed by atoms with van der Waals surface area (Å²) >= 11 is 0. The quantitative estimate of drug-likeness (QED) is 0.544. The largest absolute Gasteiger partial charge is 0.352 e. The maximum Gasteiger partial charge on any atom is 0.272 e. The molecular weight excluding hydrogens is 368 g/mol. The number of carbonyl (C=O) groups is 1. The number of fused-ring (bicyclic) bond motifs is 1. The summed E-state index contributed by atoms with van der Waals surface area (Å²) in [6, 6.07) is 12.9. The summed E-state index contributed by atoms with van der Waals surface area (Å²) in [6.45, 7) is 4.27. The number of aromatic nitrogens is 5. The number of hydrogen-bond acceptors (Lipinski definition) is 5. The molecule has 8 nitrogen and oxygen atoms in total. The molecule has 0 aliphatic rings. The highest BCUT2D eigenvalue weighted by molar-refractivity contribution is 5.88. The molecule has 3 heterocycles. The standard InChI is InChI=1S/C21H20N6O2/c1-13-9-14(2)27(26-13)19-8-7-15(11-22-19)12-23-20(28)10-18-16-5-3-4-6-17(16)21(29)25-24-18/h3-9,11H,10,12H2,1-2H3,(H,23,28)(H,25,29). The van der Waals surface area contributed by atoms with Crippen LogP contribution in [0.1, 0.15) is 22.6 Å². The van der Waals surface area contributed by atoms with E-state index >= 15 is 0 Å². The van der Waals surface area contributed by atoms with E-state index < -0.39 is 0 Å². The van der Waals surface area contributed by atoms with Gasteiger partial charge >= 0.3 is 0 Å². The van der Waals surface area contributed by atoms with Crippen LogP contribution < -0.4 is 10.9 Å². The van der Waals surface area contributed by atoms with Crippen molar-refractivity contribution in [2.45, 2.75) is 26.8 Å². The number of H-pyrrole nitrogens is 1. The van der Waals surface area contributed by atoms with Crippen molar-refractivity contribution in [2.24, 2.45) is 0 Å². The molecule has 4 aromatic rings. The lowest BCUT2D eigenvalue weighted by Gasteiger charge is -2.08. The Morgan fingerprint density at radius 2 is 1.93 bits per heavy atom. The van der Waals surface area contributed by atoms with E-state index in [2.05, 4.69) is 25.6 Å². The topological polar surface area (TPSA) is 106 Å². The first-order chi connectivity index (χ1) is 14.0. The zero-order chi connectivity index (χ0) is 20.4. The Hall–Kier alpha value is -3.81. The summed E-state index contributed by atoms with van der Waals surface area (Å²) in [4.78, 5) is 28.7. The number of benzene rings is 1. The van der Waals surface area contributed by atoms with Crippen molar-refractivity contribution in [3.63, 3.8) is 0 Å². The average Bonchev–Trinajstić information content (AvgIpc) is 3.07. The van der Waals surface area contributed by atoms with Gasteiger partial charge in [0.15, 0.2) is 5.82 Å². The second kappa shape index (κ2) is 7.67. The summed E-state index contributed by atoms with van der Waals surface area (Å²) in [5.41, 5.74) is 3.10. The van der Waals surface area contributed by atoms with Crippen molar-refractivity contribution in [3.8, 4) is 5.82 Å². The maximum absolute atomic E-state index is 12.4. The third-order valence-electron chi connectivity index (χ3n) is 4.63. The summed E-state index contributed by atoms with van der Waals surface area (Å²) in [7, 11) is 0. The second-order valence-corrected chi connectivity index (χ2v) is 6.86. The zero-order valence-electron chi connectivity index (χ0n) is 16.1. The molecule has 0 unspecified atom stereocenters. The molecule has 29 heavy (non-hydrogen) atoms. The van der Waals surface area contributed by atoms with Gasteiger partial charge in [-0.25, -0.2) is 14.8 Å². The minimum atomic E-state index is -0.265. The van der Waals surface area contributed by atoms with E-state index in [9.17, 15) is 9.59 Å². The third-order valence-corrected chi connectivity index (χ3v) is 4.63. The van der Waals surface area contributed by atoms with Crippen molar-refractivity contribution in [1.82, 2.24) is 30.3 Å². The van der Waals surface area contributed by atoms with Crippen LogP contribution in [0, 0.1) is 13.8 Å².